The number of amides is 1. The largest absolute Gasteiger partial charge is 0.494 e. The number of ether oxygens (including phenoxy) is 2. The van der Waals surface area contributed by atoms with Gasteiger partial charge in [-0.05, 0) is 24.3 Å². The predicted octanol–water partition coefficient (Wildman–Crippen LogP) is 1.39. The first-order valence-electron chi connectivity index (χ1n) is 7.94. The van der Waals surface area contributed by atoms with Crippen LogP contribution in [0.15, 0.2) is 30.5 Å². The van der Waals surface area contributed by atoms with E-state index in [-0.39, 0.29) is 17.9 Å². The number of nitrogens with one attached hydrogen (secondary N) is 1. The zero-order valence-corrected chi connectivity index (χ0v) is 13.9. The first kappa shape index (κ1) is 17.1. The number of nitrogens with zero attached hydrogens (tertiary/aromatic N) is 3. The van der Waals surface area contributed by atoms with E-state index in [9.17, 15) is 9.18 Å². The van der Waals surface area contributed by atoms with Crippen molar-refractivity contribution in [3.8, 4) is 5.75 Å². The molecule has 7 nitrogen and oxygen atoms in total. The molecule has 2 aromatic rings. The van der Waals surface area contributed by atoms with Gasteiger partial charge < -0.3 is 19.7 Å². The molecule has 1 saturated heterocycles. The highest BCUT2D eigenvalue weighted by molar-refractivity contribution is 5.94. The molecule has 1 amide bonds. The van der Waals surface area contributed by atoms with Crippen LogP contribution in [-0.4, -0.2) is 49.3 Å². The van der Waals surface area contributed by atoms with E-state index in [2.05, 4.69) is 20.2 Å². The van der Waals surface area contributed by atoms with Crippen LogP contribution >= 0.6 is 0 Å². The molecule has 1 fully saturated rings. The van der Waals surface area contributed by atoms with Crippen molar-refractivity contribution in [1.29, 1.82) is 0 Å². The summed E-state index contributed by atoms with van der Waals surface area (Å²) in [4.78, 5) is 22.9. The molecule has 0 saturated carbocycles. The van der Waals surface area contributed by atoms with E-state index in [1.54, 1.807) is 6.20 Å². The van der Waals surface area contributed by atoms with Gasteiger partial charge >= 0.3 is 0 Å². The average Bonchev–Trinajstić information content (AvgIpc) is 2.67. The third-order valence-electron chi connectivity index (χ3n) is 3.85. The van der Waals surface area contributed by atoms with Crippen molar-refractivity contribution in [3.05, 3.63) is 47.7 Å². The van der Waals surface area contributed by atoms with Crippen molar-refractivity contribution in [2.75, 3.05) is 38.3 Å². The molecule has 1 aliphatic heterocycles. The minimum Gasteiger partial charge on any atom is -0.494 e. The molecule has 1 N–H and O–H groups in total. The molecular formula is C17H19FN4O3. The van der Waals surface area contributed by atoms with Crippen molar-refractivity contribution < 1.29 is 18.7 Å². The van der Waals surface area contributed by atoms with Gasteiger partial charge in [0.2, 0.25) is 0 Å². The number of methoxy groups -OCH3 is 1. The lowest BCUT2D eigenvalue weighted by molar-refractivity contribution is 0.0949. The second kappa shape index (κ2) is 7.89. The van der Waals surface area contributed by atoms with Gasteiger partial charge in [0.15, 0.2) is 11.6 Å². The van der Waals surface area contributed by atoms with Crippen molar-refractivity contribution in [3.63, 3.8) is 0 Å². The molecule has 3 rings (SSSR count). The molecule has 1 aromatic carbocycles. The van der Waals surface area contributed by atoms with Crippen LogP contribution in [0.1, 0.15) is 16.2 Å². The summed E-state index contributed by atoms with van der Waals surface area (Å²) in [6.07, 6.45) is 1.66. The van der Waals surface area contributed by atoms with Gasteiger partial charge in [-0.1, -0.05) is 0 Å². The first-order valence-corrected chi connectivity index (χ1v) is 7.94. The number of morpholine rings is 1. The van der Waals surface area contributed by atoms with Gasteiger partial charge in [-0.3, -0.25) is 4.79 Å². The highest BCUT2D eigenvalue weighted by Gasteiger charge is 2.14. The predicted molar refractivity (Wildman–Crippen MR) is 89.2 cm³/mol. The van der Waals surface area contributed by atoms with Gasteiger partial charge in [-0.25, -0.2) is 14.4 Å². The summed E-state index contributed by atoms with van der Waals surface area (Å²) in [7, 11) is 1.37. The Bertz CT molecular complexity index is 750. The normalized spacial score (nSPS) is 14.2. The van der Waals surface area contributed by atoms with E-state index in [1.165, 1.54) is 19.2 Å². The number of anilines is 1. The second-order valence-corrected chi connectivity index (χ2v) is 5.46. The second-order valence-electron chi connectivity index (χ2n) is 5.46. The zero-order chi connectivity index (χ0) is 17.6. The monoisotopic (exact) mass is 346 g/mol. The Morgan fingerprint density at radius 3 is 2.88 bits per heavy atom. The Balaban J connectivity index is 1.63. The Labute approximate surface area is 144 Å². The number of rotatable bonds is 5. The van der Waals surface area contributed by atoms with E-state index < -0.39 is 11.7 Å². The van der Waals surface area contributed by atoms with Gasteiger partial charge in [0, 0.05) is 24.8 Å². The van der Waals surface area contributed by atoms with E-state index in [4.69, 9.17) is 9.47 Å². The maximum absolute atomic E-state index is 13.7. The lowest BCUT2D eigenvalue weighted by Gasteiger charge is -2.27. The van der Waals surface area contributed by atoms with Crippen LogP contribution in [-0.2, 0) is 11.3 Å². The third kappa shape index (κ3) is 4.21. The van der Waals surface area contributed by atoms with Crippen LogP contribution in [0.25, 0.3) is 0 Å². The Morgan fingerprint density at radius 1 is 1.36 bits per heavy atom. The SMILES string of the molecule is COc1ccc(C(=O)NCc2nccc(N3CCOCC3)n2)cc1F. The maximum Gasteiger partial charge on any atom is 0.251 e. The molecule has 0 atom stereocenters. The number of hydrogen-bond donors (Lipinski definition) is 1. The fourth-order valence-electron chi connectivity index (χ4n) is 2.51. The average molecular weight is 346 g/mol. The standard InChI is InChI=1S/C17H19FN4O3/c1-24-14-3-2-12(10-13(14)18)17(23)20-11-15-19-5-4-16(21-15)22-6-8-25-9-7-22/h2-5,10H,6-9,11H2,1H3,(H,20,23). The van der Waals surface area contributed by atoms with Crippen molar-refractivity contribution in [2.24, 2.45) is 0 Å². The summed E-state index contributed by atoms with van der Waals surface area (Å²) in [5, 5.41) is 2.70. The number of benzene rings is 1. The van der Waals surface area contributed by atoms with Crippen LogP contribution < -0.4 is 15.0 Å². The molecule has 0 bridgehead atoms. The summed E-state index contributed by atoms with van der Waals surface area (Å²) in [5.74, 6) is 0.408. The summed E-state index contributed by atoms with van der Waals surface area (Å²) in [6, 6.07) is 5.89. The van der Waals surface area contributed by atoms with Crippen LogP contribution in [0.2, 0.25) is 0 Å². The zero-order valence-electron chi connectivity index (χ0n) is 13.9. The Morgan fingerprint density at radius 2 is 2.16 bits per heavy atom. The van der Waals surface area contributed by atoms with Gasteiger partial charge in [-0.15, -0.1) is 0 Å². The summed E-state index contributed by atoms with van der Waals surface area (Å²) in [5.41, 5.74) is 0.211. The minimum absolute atomic E-state index is 0.0955. The molecule has 8 heteroatoms. The molecule has 0 radical (unpaired) electrons. The van der Waals surface area contributed by atoms with Gasteiger partial charge in [0.1, 0.15) is 11.6 Å². The maximum atomic E-state index is 13.7. The van der Waals surface area contributed by atoms with E-state index in [0.29, 0.717) is 19.0 Å². The molecule has 2 heterocycles. The molecule has 0 unspecified atom stereocenters. The molecule has 1 aliphatic rings. The third-order valence-corrected chi connectivity index (χ3v) is 3.85. The van der Waals surface area contributed by atoms with Crippen molar-refractivity contribution in [2.45, 2.75) is 6.54 Å². The molecule has 132 valence electrons. The molecule has 0 spiro atoms. The van der Waals surface area contributed by atoms with Crippen molar-refractivity contribution >= 4 is 11.7 Å². The number of carbonyl (C=O) groups excluding carboxylic acids is 1. The fourth-order valence-corrected chi connectivity index (χ4v) is 2.51. The Hall–Kier alpha value is -2.74. The van der Waals surface area contributed by atoms with Crippen LogP contribution in [0.4, 0.5) is 10.2 Å². The molecule has 25 heavy (non-hydrogen) atoms. The summed E-state index contributed by atoms with van der Waals surface area (Å²) < 4.78 is 23.9. The number of carbonyl (C=O) groups is 1. The smallest absolute Gasteiger partial charge is 0.251 e. The molecular weight excluding hydrogens is 327 g/mol. The summed E-state index contributed by atoms with van der Waals surface area (Å²) >= 11 is 0. The van der Waals surface area contributed by atoms with E-state index in [0.717, 1.165) is 25.0 Å². The van der Waals surface area contributed by atoms with E-state index in [1.807, 2.05) is 6.07 Å². The van der Waals surface area contributed by atoms with E-state index >= 15 is 0 Å². The van der Waals surface area contributed by atoms with Crippen LogP contribution in [0, 0.1) is 5.82 Å². The topological polar surface area (TPSA) is 76.6 Å². The first-order chi connectivity index (χ1) is 12.2. The fraction of sp³-hybridized carbons (Fsp3) is 0.353. The number of hydrogen-bond acceptors (Lipinski definition) is 6. The van der Waals surface area contributed by atoms with Crippen molar-refractivity contribution in [1.82, 2.24) is 15.3 Å². The highest BCUT2D eigenvalue weighted by Crippen LogP contribution is 2.17. The number of halogens is 1. The quantitative estimate of drug-likeness (QED) is 0.882. The molecule has 0 aliphatic carbocycles. The molecule has 1 aromatic heterocycles. The lowest BCUT2D eigenvalue weighted by atomic mass is 10.2. The van der Waals surface area contributed by atoms with Crippen LogP contribution in [0.3, 0.4) is 0 Å². The summed E-state index contributed by atoms with van der Waals surface area (Å²) in [6.45, 7) is 3.03. The Kier molecular flexibility index (Phi) is 5.39. The van der Waals surface area contributed by atoms with Gasteiger partial charge in [0.25, 0.3) is 5.91 Å². The van der Waals surface area contributed by atoms with Gasteiger partial charge in [-0.2, -0.15) is 0 Å². The van der Waals surface area contributed by atoms with Crippen LogP contribution in [0.5, 0.6) is 5.75 Å². The number of aromatic nitrogens is 2. The lowest BCUT2D eigenvalue weighted by Crippen LogP contribution is -2.37. The minimum atomic E-state index is -0.583. The van der Waals surface area contributed by atoms with Gasteiger partial charge in [0.05, 0.1) is 26.9 Å². The highest BCUT2D eigenvalue weighted by atomic mass is 19.1.